The molecule has 0 aliphatic rings. The van der Waals surface area contributed by atoms with Gasteiger partial charge in [-0.05, 0) is 68.1 Å². The predicted octanol–water partition coefficient (Wildman–Crippen LogP) is 2.86. The first-order valence-corrected chi connectivity index (χ1v) is 8.93. The highest BCUT2D eigenvalue weighted by molar-refractivity contribution is 5.85. The number of benzene rings is 2. The van der Waals surface area contributed by atoms with Crippen LogP contribution >= 0.6 is 0 Å². The average molecular weight is 370 g/mol. The molecule has 2 N–H and O–H groups in total. The largest absolute Gasteiger partial charge is 0.484 e. The SMILES string of the molecule is CCc1ccc(OCC(=O)NNC(=O)C(C)Oc2ccc(C)c(C)c2)cc1. The second kappa shape index (κ2) is 9.62. The van der Waals surface area contributed by atoms with Crippen molar-refractivity contribution in [3.63, 3.8) is 0 Å². The number of hydrogen-bond acceptors (Lipinski definition) is 4. The molecule has 0 fully saturated rings. The lowest BCUT2D eigenvalue weighted by Gasteiger charge is -2.16. The summed E-state index contributed by atoms with van der Waals surface area (Å²) in [6.07, 6.45) is 0.185. The van der Waals surface area contributed by atoms with Gasteiger partial charge in [0.15, 0.2) is 12.7 Å². The topological polar surface area (TPSA) is 76.7 Å². The second-order valence-electron chi connectivity index (χ2n) is 6.33. The molecule has 0 saturated carbocycles. The van der Waals surface area contributed by atoms with Gasteiger partial charge in [-0.2, -0.15) is 0 Å². The Kier molecular flexibility index (Phi) is 7.23. The number of carbonyl (C=O) groups is 2. The molecular weight excluding hydrogens is 344 g/mol. The molecule has 0 saturated heterocycles. The molecule has 0 aliphatic heterocycles. The van der Waals surface area contributed by atoms with Crippen molar-refractivity contribution < 1.29 is 19.1 Å². The maximum absolute atomic E-state index is 12.1. The number of carbonyl (C=O) groups excluding carboxylic acids is 2. The van der Waals surface area contributed by atoms with Gasteiger partial charge >= 0.3 is 0 Å². The fraction of sp³-hybridized carbons (Fsp3) is 0.333. The Bertz CT molecular complexity index is 787. The molecular formula is C21H26N2O4. The molecule has 6 heteroatoms. The van der Waals surface area contributed by atoms with Crippen LogP contribution in [-0.2, 0) is 16.0 Å². The normalized spacial score (nSPS) is 11.4. The van der Waals surface area contributed by atoms with Gasteiger partial charge < -0.3 is 9.47 Å². The van der Waals surface area contributed by atoms with E-state index in [0.717, 1.165) is 17.5 Å². The number of amides is 2. The van der Waals surface area contributed by atoms with Crippen LogP contribution in [0.1, 0.15) is 30.5 Å². The number of aryl methyl sites for hydroxylation is 3. The Morgan fingerprint density at radius 1 is 0.963 bits per heavy atom. The Labute approximate surface area is 159 Å². The number of hydrazine groups is 1. The van der Waals surface area contributed by atoms with Crippen molar-refractivity contribution in [1.82, 2.24) is 10.9 Å². The van der Waals surface area contributed by atoms with Crippen molar-refractivity contribution >= 4 is 11.8 Å². The van der Waals surface area contributed by atoms with Crippen LogP contribution in [0.5, 0.6) is 11.5 Å². The first-order valence-electron chi connectivity index (χ1n) is 8.93. The molecule has 2 amide bonds. The summed E-state index contributed by atoms with van der Waals surface area (Å²) in [5.74, 6) is 0.293. The molecule has 0 aromatic heterocycles. The third kappa shape index (κ3) is 6.33. The predicted molar refractivity (Wildman–Crippen MR) is 104 cm³/mol. The lowest BCUT2D eigenvalue weighted by atomic mass is 10.1. The molecule has 0 heterocycles. The minimum atomic E-state index is -0.755. The quantitative estimate of drug-likeness (QED) is 0.735. The number of ether oxygens (including phenoxy) is 2. The summed E-state index contributed by atoms with van der Waals surface area (Å²) in [6, 6.07) is 13.1. The van der Waals surface area contributed by atoms with E-state index in [9.17, 15) is 9.59 Å². The lowest BCUT2D eigenvalue weighted by molar-refractivity contribution is -0.133. The summed E-state index contributed by atoms with van der Waals surface area (Å²) >= 11 is 0. The van der Waals surface area contributed by atoms with Gasteiger partial charge in [0.1, 0.15) is 11.5 Å². The maximum Gasteiger partial charge on any atom is 0.279 e. The van der Waals surface area contributed by atoms with Crippen molar-refractivity contribution in [2.24, 2.45) is 0 Å². The Morgan fingerprint density at radius 3 is 2.26 bits per heavy atom. The fourth-order valence-electron chi connectivity index (χ4n) is 2.28. The van der Waals surface area contributed by atoms with Gasteiger partial charge in [0.05, 0.1) is 0 Å². The van der Waals surface area contributed by atoms with Crippen LogP contribution in [0.15, 0.2) is 42.5 Å². The van der Waals surface area contributed by atoms with Crippen LogP contribution in [-0.4, -0.2) is 24.5 Å². The van der Waals surface area contributed by atoms with Crippen LogP contribution in [0.4, 0.5) is 0 Å². The number of nitrogens with one attached hydrogen (secondary N) is 2. The first-order chi connectivity index (χ1) is 12.9. The van der Waals surface area contributed by atoms with Gasteiger partial charge in [-0.3, -0.25) is 20.4 Å². The summed E-state index contributed by atoms with van der Waals surface area (Å²) in [5.41, 5.74) is 8.08. The van der Waals surface area contributed by atoms with E-state index in [-0.39, 0.29) is 6.61 Å². The average Bonchev–Trinajstić information content (AvgIpc) is 2.67. The highest BCUT2D eigenvalue weighted by Crippen LogP contribution is 2.17. The van der Waals surface area contributed by atoms with Crippen molar-refractivity contribution in [2.45, 2.75) is 40.2 Å². The monoisotopic (exact) mass is 370 g/mol. The van der Waals surface area contributed by atoms with Crippen LogP contribution in [0.2, 0.25) is 0 Å². The molecule has 2 rings (SSSR count). The zero-order valence-electron chi connectivity index (χ0n) is 16.2. The van der Waals surface area contributed by atoms with Gasteiger partial charge in [0.2, 0.25) is 0 Å². The van der Waals surface area contributed by atoms with Crippen LogP contribution in [0, 0.1) is 13.8 Å². The maximum atomic E-state index is 12.1. The van der Waals surface area contributed by atoms with E-state index in [0.29, 0.717) is 11.5 Å². The summed E-state index contributed by atoms with van der Waals surface area (Å²) in [4.78, 5) is 23.9. The van der Waals surface area contributed by atoms with E-state index in [1.165, 1.54) is 5.56 Å². The van der Waals surface area contributed by atoms with E-state index in [2.05, 4.69) is 17.8 Å². The molecule has 0 spiro atoms. The molecule has 0 bridgehead atoms. The summed E-state index contributed by atoms with van der Waals surface area (Å²) < 4.78 is 11.0. The summed E-state index contributed by atoms with van der Waals surface area (Å²) in [7, 11) is 0. The summed E-state index contributed by atoms with van der Waals surface area (Å²) in [6.45, 7) is 7.46. The van der Waals surface area contributed by atoms with Crippen LogP contribution in [0.25, 0.3) is 0 Å². The Hall–Kier alpha value is -3.02. The van der Waals surface area contributed by atoms with E-state index in [1.807, 2.05) is 56.3 Å². The smallest absolute Gasteiger partial charge is 0.279 e. The molecule has 6 nitrogen and oxygen atoms in total. The van der Waals surface area contributed by atoms with Crippen molar-refractivity contribution in [2.75, 3.05) is 6.61 Å². The summed E-state index contributed by atoms with van der Waals surface area (Å²) in [5, 5.41) is 0. The van der Waals surface area contributed by atoms with Gasteiger partial charge in [-0.1, -0.05) is 25.1 Å². The van der Waals surface area contributed by atoms with Crippen molar-refractivity contribution in [3.8, 4) is 11.5 Å². The van der Waals surface area contributed by atoms with E-state index in [1.54, 1.807) is 6.92 Å². The molecule has 0 radical (unpaired) electrons. The van der Waals surface area contributed by atoms with Gasteiger partial charge in [-0.15, -0.1) is 0 Å². The third-order valence-electron chi connectivity index (χ3n) is 4.19. The van der Waals surface area contributed by atoms with Crippen molar-refractivity contribution in [3.05, 3.63) is 59.2 Å². The minimum absolute atomic E-state index is 0.196. The van der Waals surface area contributed by atoms with Gasteiger partial charge in [0, 0.05) is 0 Å². The highest BCUT2D eigenvalue weighted by atomic mass is 16.5. The molecule has 2 aromatic carbocycles. The van der Waals surface area contributed by atoms with Crippen molar-refractivity contribution in [1.29, 1.82) is 0 Å². The lowest BCUT2D eigenvalue weighted by Crippen LogP contribution is -2.48. The molecule has 144 valence electrons. The van der Waals surface area contributed by atoms with E-state index in [4.69, 9.17) is 9.47 Å². The first kappa shape index (κ1) is 20.3. The van der Waals surface area contributed by atoms with Crippen LogP contribution in [0.3, 0.4) is 0 Å². The Morgan fingerprint density at radius 2 is 1.63 bits per heavy atom. The zero-order valence-corrected chi connectivity index (χ0v) is 16.2. The highest BCUT2D eigenvalue weighted by Gasteiger charge is 2.15. The Balaban J connectivity index is 1.74. The number of hydrogen-bond donors (Lipinski definition) is 2. The third-order valence-corrected chi connectivity index (χ3v) is 4.19. The molecule has 1 atom stereocenters. The standard InChI is InChI=1S/C21H26N2O4/c1-5-17-7-10-18(11-8-17)26-13-20(24)22-23-21(25)16(4)27-19-9-6-14(2)15(3)12-19/h6-12,16H,5,13H2,1-4H3,(H,22,24)(H,23,25). The minimum Gasteiger partial charge on any atom is -0.484 e. The van der Waals surface area contributed by atoms with E-state index < -0.39 is 17.9 Å². The van der Waals surface area contributed by atoms with Crippen LogP contribution < -0.4 is 20.3 Å². The molecule has 2 aromatic rings. The number of rotatable bonds is 7. The fourth-order valence-corrected chi connectivity index (χ4v) is 2.28. The van der Waals surface area contributed by atoms with Gasteiger partial charge in [-0.25, -0.2) is 0 Å². The molecule has 0 aliphatic carbocycles. The van der Waals surface area contributed by atoms with Gasteiger partial charge in [0.25, 0.3) is 11.8 Å². The van der Waals surface area contributed by atoms with E-state index >= 15 is 0 Å². The molecule has 1 unspecified atom stereocenters. The zero-order chi connectivity index (χ0) is 19.8. The second-order valence-corrected chi connectivity index (χ2v) is 6.33. The molecule has 27 heavy (non-hydrogen) atoms.